The van der Waals surface area contributed by atoms with E-state index in [-0.39, 0.29) is 17.3 Å². The predicted octanol–water partition coefficient (Wildman–Crippen LogP) is 4.89. The topological polar surface area (TPSA) is 86.7 Å². The van der Waals surface area contributed by atoms with Crippen molar-refractivity contribution in [2.45, 2.75) is 18.9 Å². The number of allylic oxidation sites excluding steroid dienone is 1. The first kappa shape index (κ1) is 23.4. The molecule has 3 aromatic carbocycles. The maximum atomic E-state index is 13.8. The fourth-order valence-electron chi connectivity index (χ4n) is 5.01. The summed E-state index contributed by atoms with van der Waals surface area (Å²) in [6.45, 7) is 0. The molecule has 0 radical (unpaired) electrons. The van der Waals surface area contributed by atoms with E-state index < -0.39 is 4.92 Å². The van der Waals surface area contributed by atoms with Crippen LogP contribution in [0, 0.1) is 10.1 Å². The summed E-state index contributed by atoms with van der Waals surface area (Å²) in [5.41, 5.74) is 5.40. The molecule has 0 saturated heterocycles. The molecule has 0 saturated carbocycles. The third kappa shape index (κ3) is 3.98. The van der Waals surface area contributed by atoms with E-state index in [1.165, 1.54) is 35.1 Å². The van der Waals surface area contributed by atoms with E-state index in [0.29, 0.717) is 19.9 Å². The number of nitrogens with zero attached hydrogens (tertiary/aromatic N) is 3. The number of thiazole rings is 1. The van der Waals surface area contributed by atoms with Crippen LogP contribution in [-0.2, 0) is 6.42 Å². The highest BCUT2D eigenvalue weighted by atomic mass is 35.5. The number of aromatic nitrogens is 1. The van der Waals surface area contributed by atoms with Gasteiger partial charge in [0, 0.05) is 28.3 Å². The molecule has 0 amide bonds. The van der Waals surface area contributed by atoms with Crippen LogP contribution >= 0.6 is 22.9 Å². The molecule has 0 bridgehead atoms. The number of benzene rings is 3. The van der Waals surface area contributed by atoms with Crippen LogP contribution in [-0.4, -0.2) is 16.6 Å². The van der Waals surface area contributed by atoms with E-state index >= 15 is 0 Å². The summed E-state index contributed by atoms with van der Waals surface area (Å²) < 4.78 is 7.49. The van der Waals surface area contributed by atoms with Crippen LogP contribution in [0.15, 0.2) is 82.1 Å². The molecule has 6 rings (SSSR count). The van der Waals surface area contributed by atoms with Gasteiger partial charge in [0.2, 0.25) is 0 Å². The van der Waals surface area contributed by atoms with Crippen molar-refractivity contribution in [3.05, 3.63) is 129 Å². The number of fused-ring (bicyclic) bond motifs is 3. The molecule has 1 atom stereocenters. The number of rotatable bonds is 4. The normalized spacial score (nSPS) is 16.5. The summed E-state index contributed by atoms with van der Waals surface area (Å²) in [5, 5.41) is 11.6. The number of hydrogen-bond acceptors (Lipinski definition) is 6. The molecule has 1 aliphatic carbocycles. The van der Waals surface area contributed by atoms with Crippen molar-refractivity contribution in [2.24, 2.45) is 4.99 Å². The van der Waals surface area contributed by atoms with Crippen molar-refractivity contribution in [1.29, 1.82) is 0 Å². The Hall–Kier alpha value is -4.01. The van der Waals surface area contributed by atoms with E-state index in [4.69, 9.17) is 21.3 Å². The van der Waals surface area contributed by atoms with Gasteiger partial charge in [-0.15, -0.1) is 0 Å². The van der Waals surface area contributed by atoms with Crippen LogP contribution in [0.3, 0.4) is 0 Å². The maximum absolute atomic E-state index is 13.8. The SMILES string of the molecule is COc1ccc(C2C3=C(N=c4sc(=Cc5cc([N+](=O)[O-])ccc5Cl)c(=O)n42)c2ccccc2CC3)cc1. The van der Waals surface area contributed by atoms with E-state index in [9.17, 15) is 14.9 Å². The second kappa shape index (κ2) is 9.14. The minimum Gasteiger partial charge on any atom is -0.497 e. The molecule has 4 aromatic rings. The zero-order valence-corrected chi connectivity index (χ0v) is 21.3. The zero-order chi connectivity index (χ0) is 25.7. The van der Waals surface area contributed by atoms with Gasteiger partial charge < -0.3 is 4.74 Å². The van der Waals surface area contributed by atoms with Crippen molar-refractivity contribution < 1.29 is 9.66 Å². The molecule has 0 fully saturated rings. The van der Waals surface area contributed by atoms with E-state index in [1.54, 1.807) is 17.8 Å². The van der Waals surface area contributed by atoms with Crippen molar-refractivity contribution in [3.8, 4) is 5.75 Å². The van der Waals surface area contributed by atoms with E-state index in [1.807, 2.05) is 36.4 Å². The first-order chi connectivity index (χ1) is 17.9. The number of ether oxygens (including phenoxy) is 1. The molecule has 2 aliphatic rings. The minimum absolute atomic E-state index is 0.0911. The Morgan fingerprint density at radius 2 is 1.92 bits per heavy atom. The zero-order valence-electron chi connectivity index (χ0n) is 19.7. The molecule has 9 heteroatoms. The van der Waals surface area contributed by atoms with Gasteiger partial charge in [-0.1, -0.05) is 59.3 Å². The lowest BCUT2D eigenvalue weighted by Gasteiger charge is -2.30. The lowest BCUT2D eigenvalue weighted by Crippen LogP contribution is -2.38. The lowest BCUT2D eigenvalue weighted by molar-refractivity contribution is -0.384. The molecule has 184 valence electrons. The van der Waals surface area contributed by atoms with Crippen molar-refractivity contribution >= 4 is 40.4 Å². The van der Waals surface area contributed by atoms with Crippen molar-refractivity contribution in [1.82, 2.24) is 4.57 Å². The van der Waals surface area contributed by atoms with Gasteiger partial charge in [-0.3, -0.25) is 19.5 Å². The lowest BCUT2D eigenvalue weighted by atomic mass is 9.83. The molecule has 0 spiro atoms. The Morgan fingerprint density at radius 1 is 1.14 bits per heavy atom. The quantitative estimate of drug-likeness (QED) is 0.278. The second-order valence-corrected chi connectivity index (χ2v) is 10.3. The second-order valence-electron chi connectivity index (χ2n) is 8.85. The first-order valence-electron chi connectivity index (χ1n) is 11.7. The summed E-state index contributed by atoms with van der Waals surface area (Å²) in [4.78, 5) is 30.2. The molecule has 1 aromatic heterocycles. The largest absolute Gasteiger partial charge is 0.497 e. The Bertz CT molecular complexity index is 1790. The summed E-state index contributed by atoms with van der Waals surface area (Å²) in [7, 11) is 1.62. The smallest absolute Gasteiger partial charge is 0.271 e. The van der Waals surface area contributed by atoms with Gasteiger partial charge in [0.15, 0.2) is 4.80 Å². The molecular weight excluding hydrogens is 510 g/mol. The molecule has 0 N–H and O–H groups in total. The standard InChI is InChI=1S/C28H20ClN3O4S/c1-36-20-10-6-17(7-11-20)26-22-12-8-16-4-2-3-5-21(16)25(22)30-28-31(26)27(33)24(37-28)15-18-14-19(32(34)35)9-13-23(18)29/h2-7,9-11,13-15,26H,8,12H2,1H3. The van der Waals surface area contributed by atoms with Crippen molar-refractivity contribution in [3.63, 3.8) is 0 Å². The number of halogens is 1. The average molecular weight is 530 g/mol. The number of aryl methyl sites for hydroxylation is 1. The van der Waals surface area contributed by atoms with Gasteiger partial charge in [-0.25, -0.2) is 4.99 Å². The molecule has 1 unspecified atom stereocenters. The first-order valence-corrected chi connectivity index (χ1v) is 12.8. The minimum atomic E-state index is -0.482. The highest BCUT2D eigenvalue weighted by molar-refractivity contribution is 7.07. The third-order valence-corrected chi connectivity index (χ3v) is 8.11. The van der Waals surface area contributed by atoms with E-state index in [2.05, 4.69) is 12.1 Å². The molecule has 37 heavy (non-hydrogen) atoms. The maximum Gasteiger partial charge on any atom is 0.271 e. The van der Waals surface area contributed by atoms with Crippen LogP contribution < -0.4 is 19.6 Å². The van der Waals surface area contributed by atoms with Gasteiger partial charge in [-0.05, 0) is 53.8 Å². The molecule has 7 nitrogen and oxygen atoms in total. The van der Waals surface area contributed by atoms with Crippen LogP contribution in [0.2, 0.25) is 5.02 Å². The summed E-state index contributed by atoms with van der Waals surface area (Å²) in [6, 6.07) is 19.9. The Labute approximate surface area is 220 Å². The van der Waals surface area contributed by atoms with Gasteiger partial charge in [-0.2, -0.15) is 0 Å². The Balaban J connectivity index is 1.60. The fourth-order valence-corrected chi connectivity index (χ4v) is 6.17. The summed E-state index contributed by atoms with van der Waals surface area (Å²) in [5.74, 6) is 0.736. The highest BCUT2D eigenvalue weighted by Gasteiger charge is 2.32. The summed E-state index contributed by atoms with van der Waals surface area (Å²) in [6.07, 6.45) is 3.26. The number of nitro benzene ring substituents is 1. The predicted molar refractivity (Wildman–Crippen MR) is 144 cm³/mol. The van der Waals surface area contributed by atoms with Crippen molar-refractivity contribution in [2.75, 3.05) is 7.11 Å². The number of nitro groups is 1. The number of non-ortho nitro benzene ring substituents is 1. The van der Waals surface area contributed by atoms with Crippen LogP contribution in [0.25, 0.3) is 11.8 Å². The van der Waals surface area contributed by atoms with Crippen LogP contribution in [0.5, 0.6) is 5.75 Å². The van der Waals surface area contributed by atoms with Gasteiger partial charge in [0.1, 0.15) is 5.75 Å². The molecular formula is C28H20ClN3O4S. The van der Waals surface area contributed by atoms with Crippen LogP contribution in [0.4, 0.5) is 5.69 Å². The third-order valence-electron chi connectivity index (χ3n) is 6.78. The van der Waals surface area contributed by atoms with Crippen LogP contribution in [0.1, 0.15) is 34.7 Å². The highest BCUT2D eigenvalue weighted by Crippen LogP contribution is 2.41. The molecule has 1 aliphatic heterocycles. The van der Waals surface area contributed by atoms with Gasteiger partial charge in [0.05, 0.1) is 28.3 Å². The number of methoxy groups -OCH3 is 1. The average Bonchev–Trinajstić information content (AvgIpc) is 3.23. The molecule has 2 heterocycles. The van der Waals surface area contributed by atoms with Gasteiger partial charge >= 0.3 is 0 Å². The monoisotopic (exact) mass is 529 g/mol. The fraction of sp³-hybridized carbons (Fsp3) is 0.143. The summed E-state index contributed by atoms with van der Waals surface area (Å²) >= 11 is 7.59. The van der Waals surface area contributed by atoms with E-state index in [0.717, 1.165) is 41.0 Å². The Kier molecular flexibility index (Phi) is 5.78. The van der Waals surface area contributed by atoms with Gasteiger partial charge in [0.25, 0.3) is 11.2 Å². The Morgan fingerprint density at radius 3 is 2.68 bits per heavy atom. The number of hydrogen-bond donors (Lipinski definition) is 0.